The fourth-order valence-electron chi connectivity index (χ4n) is 8.12. The Kier molecular flexibility index (Phi) is 6.22. The van der Waals surface area contributed by atoms with Gasteiger partial charge in [0.05, 0.1) is 10.9 Å². The van der Waals surface area contributed by atoms with Gasteiger partial charge < -0.3 is 5.32 Å². The Bertz CT molecular complexity index is 1210. The zero-order chi connectivity index (χ0) is 24.9. The van der Waals surface area contributed by atoms with Crippen molar-refractivity contribution in [2.45, 2.75) is 95.6 Å². The molecule has 2 aromatic rings. The lowest BCUT2D eigenvalue weighted by molar-refractivity contribution is -0.135. The first-order valence-corrected chi connectivity index (χ1v) is 14.0. The van der Waals surface area contributed by atoms with Crippen LogP contribution in [0, 0.1) is 24.7 Å². The van der Waals surface area contributed by atoms with Gasteiger partial charge in [-0.2, -0.15) is 0 Å². The molecular weight excluding hydrogens is 452 g/mol. The van der Waals surface area contributed by atoms with E-state index in [0.29, 0.717) is 28.7 Å². The van der Waals surface area contributed by atoms with Gasteiger partial charge in [0.2, 0.25) is 11.8 Å². The average Bonchev–Trinajstić information content (AvgIpc) is 2.82. The van der Waals surface area contributed by atoms with Crippen LogP contribution in [-0.2, 0) is 16.0 Å². The summed E-state index contributed by atoms with van der Waals surface area (Å²) < 4.78 is 1.46. The lowest BCUT2D eigenvalue weighted by Gasteiger charge is -2.57. The number of rotatable bonds is 8. The molecule has 2 heterocycles. The number of aryl methyl sites for hydroxylation is 2. The third-order valence-corrected chi connectivity index (χ3v) is 9.34. The Hall–Kier alpha value is -2.54. The van der Waals surface area contributed by atoms with Gasteiger partial charge >= 0.3 is 0 Å². The SMILES string of the molecule is Cc1nc2ccc(CCCCCNC34CC5CC(CC(C5)C3)C4)cc2c(=O)n1C1CCC(=O)NC1=O. The molecule has 7 heteroatoms. The van der Waals surface area contributed by atoms with Gasteiger partial charge in [0, 0.05) is 12.0 Å². The first kappa shape index (κ1) is 23.8. The Morgan fingerprint density at radius 2 is 1.75 bits per heavy atom. The molecule has 2 N–H and O–H groups in total. The van der Waals surface area contributed by atoms with Crippen LogP contribution in [0.5, 0.6) is 0 Å². The van der Waals surface area contributed by atoms with E-state index in [1.807, 2.05) is 12.1 Å². The smallest absolute Gasteiger partial charge is 0.262 e. The molecule has 1 unspecified atom stereocenters. The minimum Gasteiger partial charge on any atom is -0.311 e. The first-order valence-electron chi connectivity index (χ1n) is 14.0. The number of piperidine rings is 1. The molecule has 1 atom stereocenters. The van der Waals surface area contributed by atoms with Crippen molar-refractivity contribution in [1.82, 2.24) is 20.2 Å². The third-order valence-electron chi connectivity index (χ3n) is 9.34. The summed E-state index contributed by atoms with van der Waals surface area (Å²) in [6.45, 7) is 2.86. The van der Waals surface area contributed by atoms with Crippen LogP contribution in [0.2, 0.25) is 0 Å². The molecular formula is C29H38N4O3. The number of aromatic nitrogens is 2. The highest BCUT2D eigenvalue weighted by atomic mass is 16.2. The van der Waals surface area contributed by atoms with Crippen molar-refractivity contribution < 1.29 is 9.59 Å². The molecule has 4 saturated carbocycles. The standard InChI is InChI=1S/C29H38N4O3/c1-18-31-24-7-6-19(14-23(24)28(36)33(18)25-8-9-26(34)32-27(25)35)5-3-2-4-10-30-29-15-20-11-21(16-29)13-22(12-20)17-29/h6-7,14,20-22,25,30H,2-5,8-13,15-17H2,1H3,(H,32,34,35). The molecule has 7 nitrogen and oxygen atoms in total. The van der Waals surface area contributed by atoms with Gasteiger partial charge in [-0.15, -0.1) is 0 Å². The normalized spacial score (nSPS) is 31.2. The minimum absolute atomic E-state index is 0.200. The van der Waals surface area contributed by atoms with Crippen LogP contribution in [-0.4, -0.2) is 33.4 Å². The summed E-state index contributed by atoms with van der Waals surface area (Å²) in [6.07, 6.45) is 13.6. The summed E-state index contributed by atoms with van der Waals surface area (Å²) in [7, 11) is 0. The summed E-state index contributed by atoms with van der Waals surface area (Å²) in [6, 6.07) is 5.25. The second-order valence-electron chi connectivity index (χ2n) is 12.1. The van der Waals surface area contributed by atoms with Crippen LogP contribution in [0.1, 0.15) is 88.1 Å². The fourth-order valence-corrected chi connectivity index (χ4v) is 8.12. The van der Waals surface area contributed by atoms with Gasteiger partial charge in [0.1, 0.15) is 11.9 Å². The number of benzene rings is 1. The number of nitrogens with one attached hydrogen (secondary N) is 2. The average molecular weight is 491 g/mol. The fraction of sp³-hybridized carbons (Fsp3) is 0.655. The van der Waals surface area contributed by atoms with E-state index in [-0.39, 0.29) is 17.9 Å². The molecule has 4 bridgehead atoms. The van der Waals surface area contributed by atoms with Crippen molar-refractivity contribution in [2.24, 2.45) is 17.8 Å². The molecule has 5 aliphatic rings. The van der Waals surface area contributed by atoms with Crippen molar-refractivity contribution in [2.75, 3.05) is 6.54 Å². The van der Waals surface area contributed by atoms with E-state index in [1.54, 1.807) is 6.92 Å². The Labute approximate surface area is 212 Å². The van der Waals surface area contributed by atoms with E-state index in [2.05, 4.69) is 21.7 Å². The van der Waals surface area contributed by atoms with Crippen LogP contribution in [0.25, 0.3) is 10.9 Å². The molecule has 0 spiro atoms. The largest absolute Gasteiger partial charge is 0.311 e. The lowest BCUT2D eigenvalue weighted by atomic mass is 9.53. The number of hydrogen-bond acceptors (Lipinski definition) is 5. The van der Waals surface area contributed by atoms with E-state index in [4.69, 9.17) is 0 Å². The third kappa shape index (κ3) is 4.51. The Morgan fingerprint density at radius 3 is 2.44 bits per heavy atom. The number of carbonyl (C=O) groups excluding carboxylic acids is 2. The maximum absolute atomic E-state index is 13.4. The van der Waals surface area contributed by atoms with Gasteiger partial charge in [0.25, 0.3) is 5.56 Å². The highest BCUT2D eigenvalue weighted by Crippen LogP contribution is 2.55. The minimum atomic E-state index is -0.683. The van der Waals surface area contributed by atoms with Crippen LogP contribution in [0.4, 0.5) is 0 Å². The summed E-state index contributed by atoms with van der Waals surface area (Å²) in [4.78, 5) is 41.9. The molecule has 7 rings (SSSR count). The number of fused-ring (bicyclic) bond motifs is 1. The van der Waals surface area contributed by atoms with Crippen LogP contribution >= 0.6 is 0 Å². The van der Waals surface area contributed by atoms with Crippen molar-refractivity contribution in [3.8, 4) is 0 Å². The van der Waals surface area contributed by atoms with Crippen LogP contribution < -0.4 is 16.2 Å². The number of carbonyl (C=O) groups is 2. The monoisotopic (exact) mass is 490 g/mol. The van der Waals surface area contributed by atoms with E-state index in [9.17, 15) is 14.4 Å². The number of amides is 2. The molecule has 4 aliphatic carbocycles. The van der Waals surface area contributed by atoms with Gasteiger partial charge in [-0.3, -0.25) is 24.3 Å². The summed E-state index contributed by atoms with van der Waals surface area (Å²) in [5, 5.41) is 6.90. The maximum Gasteiger partial charge on any atom is 0.262 e. The number of hydrogen-bond donors (Lipinski definition) is 2. The lowest BCUT2D eigenvalue weighted by Crippen LogP contribution is -2.58. The van der Waals surface area contributed by atoms with Gasteiger partial charge in [-0.05, 0) is 113 Å². The molecule has 1 aromatic carbocycles. The number of imide groups is 1. The highest BCUT2D eigenvalue weighted by molar-refractivity contribution is 5.99. The van der Waals surface area contributed by atoms with Crippen molar-refractivity contribution in [3.05, 3.63) is 39.9 Å². The number of unbranched alkanes of at least 4 members (excludes halogenated alkanes) is 2. The highest BCUT2D eigenvalue weighted by Gasteiger charge is 2.50. The van der Waals surface area contributed by atoms with E-state index in [1.165, 1.54) is 55.9 Å². The van der Waals surface area contributed by atoms with Crippen LogP contribution in [0.15, 0.2) is 23.0 Å². The molecule has 1 aliphatic heterocycles. The Balaban J connectivity index is 1.05. The van der Waals surface area contributed by atoms with E-state index in [0.717, 1.165) is 42.7 Å². The predicted molar refractivity (Wildman–Crippen MR) is 139 cm³/mol. The first-order chi connectivity index (χ1) is 17.4. The predicted octanol–water partition coefficient (Wildman–Crippen LogP) is 3.95. The zero-order valence-corrected chi connectivity index (χ0v) is 21.4. The number of nitrogens with zero attached hydrogens (tertiary/aromatic N) is 2. The van der Waals surface area contributed by atoms with Crippen molar-refractivity contribution in [3.63, 3.8) is 0 Å². The Morgan fingerprint density at radius 1 is 1.03 bits per heavy atom. The molecule has 192 valence electrons. The second kappa shape index (κ2) is 9.40. The van der Waals surface area contributed by atoms with Crippen molar-refractivity contribution in [1.29, 1.82) is 0 Å². The summed E-state index contributed by atoms with van der Waals surface area (Å²) in [5.41, 5.74) is 2.04. The second-order valence-corrected chi connectivity index (χ2v) is 12.1. The molecule has 2 amide bonds. The quantitative estimate of drug-likeness (QED) is 0.432. The van der Waals surface area contributed by atoms with Crippen LogP contribution in [0.3, 0.4) is 0 Å². The summed E-state index contributed by atoms with van der Waals surface area (Å²) >= 11 is 0. The molecule has 0 radical (unpaired) electrons. The summed E-state index contributed by atoms with van der Waals surface area (Å²) in [5.74, 6) is 2.74. The van der Waals surface area contributed by atoms with E-state index >= 15 is 0 Å². The molecule has 36 heavy (non-hydrogen) atoms. The van der Waals surface area contributed by atoms with Crippen molar-refractivity contribution >= 4 is 22.7 Å². The van der Waals surface area contributed by atoms with Gasteiger partial charge in [0.15, 0.2) is 0 Å². The maximum atomic E-state index is 13.4. The van der Waals surface area contributed by atoms with Gasteiger partial charge in [-0.1, -0.05) is 12.5 Å². The molecule has 5 fully saturated rings. The van der Waals surface area contributed by atoms with Gasteiger partial charge in [-0.25, -0.2) is 4.98 Å². The molecule has 1 saturated heterocycles. The zero-order valence-electron chi connectivity index (χ0n) is 21.4. The topological polar surface area (TPSA) is 93.1 Å². The van der Waals surface area contributed by atoms with E-state index < -0.39 is 11.9 Å². The molecule has 1 aromatic heterocycles.